The lowest BCUT2D eigenvalue weighted by molar-refractivity contribution is 0.112. The van der Waals surface area contributed by atoms with E-state index in [0.29, 0.717) is 36.6 Å². The van der Waals surface area contributed by atoms with E-state index >= 15 is 0 Å². The SMILES string of the molecule is O=Cc1ccc(Oc2cc(Cl)c(Cl)cc2Cl)cc1Br. The molecule has 2 nitrogen and oxygen atoms in total. The molecule has 2 rings (SSSR count). The minimum atomic E-state index is 0.352. The van der Waals surface area contributed by atoms with Crippen LogP contribution in [0.4, 0.5) is 0 Å². The fourth-order valence-corrected chi connectivity index (χ4v) is 2.40. The molecule has 0 spiro atoms. The van der Waals surface area contributed by atoms with Crippen LogP contribution in [-0.2, 0) is 0 Å². The van der Waals surface area contributed by atoms with E-state index in [1.807, 2.05) is 0 Å². The first-order chi connectivity index (χ1) is 9.01. The summed E-state index contributed by atoms with van der Waals surface area (Å²) >= 11 is 21.0. The Hall–Kier alpha value is -0.740. The topological polar surface area (TPSA) is 26.3 Å². The summed E-state index contributed by atoms with van der Waals surface area (Å²) in [4.78, 5) is 10.7. The lowest BCUT2D eigenvalue weighted by Crippen LogP contribution is -1.88. The summed E-state index contributed by atoms with van der Waals surface area (Å²) in [5.41, 5.74) is 0.535. The number of rotatable bonds is 3. The van der Waals surface area contributed by atoms with Gasteiger partial charge in [-0.25, -0.2) is 0 Å². The predicted molar refractivity (Wildman–Crippen MR) is 81.1 cm³/mol. The van der Waals surface area contributed by atoms with Gasteiger partial charge in [0.05, 0.1) is 15.1 Å². The highest BCUT2D eigenvalue weighted by Gasteiger charge is 2.09. The van der Waals surface area contributed by atoms with Gasteiger partial charge in [0.2, 0.25) is 0 Å². The number of hydrogen-bond acceptors (Lipinski definition) is 2. The summed E-state index contributed by atoms with van der Waals surface area (Å²) in [5, 5.41) is 1.06. The minimum Gasteiger partial charge on any atom is -0.456 e. The largest absolute Gasteiger partial charge is 0.456 e. The Morgan fingerprint density at radius 3 is 2.32 bits per heavy atom. The van der Waals surface area contributed by atoms with Crippen LogP contribution >= 0.6 is 50.7 Å². The van der Waals surface area contributed by atoms with Gasteiger partial charge in [-0.1, -0.05) is 34.8 Å². The van der Waals surface area contributed by atoms with Crippen LogP contribution in [0.15, 0.2) is 34.8 Å². The van der Waals surface area contributed by atoms with Crippen molar-refractivity contribution in [2.24, 2.45) is 0 Å². The zero-order valence-electron chi connectivity index (χ0n) is 9.29. The number of aldehydes is 1. The maximum atomic E-state index is 10.7. The third-order valence-electron chi connectivity index (χ3n) is 2.30. The van der Waals surface area contributed by atoms with E-state index in [4.69, 9.17) is 39.5 Å². The minimum absolute atomic E-state index is 0.352. The highest BCUT2D eigenvalue weighted by molar-refractivity contribution is 9.10. The molecule has 0 fully saturated rings. The zero-order valence-corrected chi connectivity index (χ0v) is 13.1. The number of hydrogen-bond donors (Lipinski definition) is 0. The molecule has 0 heterocycles. The molecule has 0 aromatic heterocycles. The Labute approximate surface area is 133 Å². The summed E-state index contributed by atoms with van der Waals surface area (Å²) in [6, 6.07) is 8.01. The van der Waals surface area contributed by atoms with E-state index in [1.54, 1.807) is 18.2 Å². The highest BCUT2D eigenvalue weighted by Crippen LogP contribution is 2.37. The van der Waals surface area contributed by atoms with Crippen molar-refractivity contribution in [3.63, 3.8) is 0 Å². The van der Waals surface area contributed by atoms with Crippen molar-refractivity contribution in [2.75, 3.05) is 0 Å². The molecule has 98 valence electrons. The average Bonchev–Trinajstić information content (AvgIpc) is 2.36. The van der Waals surface area contributed by atoms with Gasteiger partial charge in [0.1, 0.15) is 11.5 Å². The number of benzene rings is 2. The van der Waals surface area contributed by atoms with Crippen molar-refractivity contribution in [2.45, 2.75) is 0 Å². The van der Waals surface area contributed by atoms with E-state index in [-0.39, 0.29) is 0 Å². The van der Waals surface area contributed by atoms with Gasteiger partial charge in [-0.15, -0.1) is 0 Å². The molecule has 0 aliphatic rings. The first-order valence-electron chi connectivity index (χ1n) is 5.08. The van der Waals surface area contributed by atoms with Crippen LogP contribution in [0.5, 0.6) is 11.5 Å². The number of halogens is 4. The molecule has 0 N–H and O–H groups in total. The Morgan fingerprint density at radius 1 is 1.00 bits per heavy atom. The fraction of sp³-hybridized carbons (Fsp3) is 0. The molecule has 0 amide bonds. The second kappa shape index (κ2) is 6.14. The van der Waals surface area contributed by atoms with Crippen molar-refractivity contribution in [1.82, 2.24) is 0 Å². The van der Waals surface area contributed by atoms with Crippen LogP contribution in [0.1, 0.15) is 10.4 Å². The Balaban J connectivity index is 2.33. The Bertz CT molecular complexity index is 644. The Morgan fingerprint density at radius 2 is 1.68 bits per heavy atom. The summed E-state index contributed by atoms with van der Waals surface area (Å²) in [5.74, 6) is 0.916. The van der Waals surface area contributed by atoms with Gasteiger partial charge in [0.15, 0.2) is 6.29 Å². The fourth-order valence-electron chi connectivity index (χ4n) is 1.38. The number of carbonyl (C=O) groups excluding carboxylic acids is 1. The van der Waals surface area contributed by atoms with Crippen LogP contribution in [-0.4, -0.2) is 6.29 Å². The normalized spacial score (nSPS) is 10.3. The number of ether oxygens (including phenoxy) is 1. The summed E-state index contributed by atoms with van der Waals surface area (Å²) in [6.45, 7) is 0. The molecule has 19 heavy (non-hydrogen) atoms. The standard InChI is InChI=1S/C13H6BrCl3O2/c14-9-3-8(2-1-7(9)6-18)19-13-5-11(16)10(15)4-12(13)17/h1-6H. The molecule has 0 aliphatic heterocycles. The van der Waals surface area contributed by atoms with Crippen LogP contribution in [0.25, 0.3) is 0 Å². The molecule has 0 unspecified atom stereocenters. The van der Waals surface area contributed by atoms with Crippen molar-refractivity contribution in [1.29, 1.82) is 0 Å². The summed E-state index contributed by atoms with van der Waals surface area (Å²) in [6.07, 6.45) is 0.750. The van der Waals surface area contributed by atoms with Gasteiger partial charge in [-0.2, -0.15) is 0 Å². The van der Waals surface area contributed by atoms with Crippen LogP contribution < -0.4 is 4.74 Å². The molecule has 0 saturated heterocycles. The maximum absolute atomic E-state index is 10.7. The van der Waals surface area contributed by atoms with E-state index in [2.05, 4.69) is 15.9 Å². The van der Waals surface area contributed by atoms with Crippen molar-refractivity contribution >= 4 is 57.0 Å². The van der Waals surface area contributed by atoms with E-state index in [0.717, 1.165) is 6.29 Å². The maximum Gasteiger partial charge on any atom is 0.151 e. The smallest absolute Gasteiger partial charge is 0.151 e. The van der Waals surface area contributed by atoms with Crippen LogP contribution in [0, 0.1) is 0 Å². The molecule has 2 aromatic carbocycles. The third-order valence-corrected chi connectivity index (χ3v) is 4.01. The molecule has 2 aromatic rings. The quantitative estimate of drug-likeness (QED) is 0.481. The number of carbonyl (C=O) groups is 1. The average molecular weight is 380 g/mol. The first-order valence-corrected chi connectivity index (χ1v) is 7.01. The lowest BCUT2D eigenvalue weighted by atomic mass is 10.2. The van der Waals surface area contributed by atoms with Gasteiger partial charge in [0.25, 0.3) is 0 Å². The van der Waals surface area contributed by atoms with Gasteiger partial charge in [-0.3, -0.25) is 4.79 Å². The van der Waals surface area contributed by atoms with Crippen LogP contribution in [0.2, 0.25) is 15.1 Å². The monoisotopic (exact) mass is 378 g/mol. The zero-order chi connectivity index (χ0) is 14.0. The second-order valence-electron chi connectivity index (χ2n) is 3.60. The Kier molecular flexibility index (Phi) is 4.74. The summed E-state index contributed by atoms with van der Waals surface area (Å²) in [7, 11) is 0. The van der Waals surface area contributed by atoms with Gasteiger partial charge >= 0.3 is 0 Å². The molecule has 0 radical (unpaired) electrons. The summed E-state index contributed by atoms with van der Waals surface area (Å²) < 4.78 is 6.24. The molecular weight excluding hydrogens is 374 g/mol. The van der Waals surface area contributed by atoms with Crippen LogP contribution in [0.3, 0.4) is 0 Å². The van der Waals surface area contributed by atoms with E-state index < -0.39 is 0 Å². The van der Waals surface area contributed by atoms with Gasteiger partial charge < -0.3 is 4.74 Å². The van der Waals surface area contributed by atoms with Crippen molar-refractivity contribution < 1.29 is 9.53 Å². The predicted octanol–water partition coefficient (Wildman–Crippen LogP) is 6.01. The molecule has 0 aliphatic carbocycles. The van der Waals surface area contributed by atoms with Gasteiger partial charge in [-0.05, 0) is 40.2 Å². The third kappa shape index (κ3) is 3.42. The molecule has 0 atom stereocenters. The van der Waals surface area contributed by atoms with E-state index in [9.17, 15) is 4.79 Å². The lowest BCUT2D eigenvalue weighted by Gasteiger charge is -2.09. The van der Waals surface area contributed by atoms with E-state index in [1.165, 1.54) is 12.1 Å². The first kappa shape index (κ1) is 14.7. The van der Waals surface area contributed by atoms with Gasteiger partial charge in [0, 0.05) is 16.1 Å². The molecule has 0 saturated carbocycles. The van der Waals surface area contributed by atoms with Crippen molar-refractivity contribution in [3.8, 4) is 11.5 Å². The second-order valence-corrected chi connectivity index (χ2v) is 5.68. The highest BCUT2D eigenvalue weighted by atomic mass is 79.9. The molecule has 6 heteroatoms. The molecular formula is C13H6BrCl3O2. The molecule has 0 bridgehead atoms. The van der Waals surface area contributed by atoms with Crippen molar-refractivity contribution in [3.05, 3.63) is 55.4 Å².